The molecule has 0 fully saturated rings. The zero-order valence-corrected chi connectivity index (χ0v) is 9.88. The van der Waals surface area contributed by atoms with Crippen LogP contribution in [0.1, 0.15) is 16.8 Å². The van der Waals surface area contributed by atoms with Crippen LogP contribution in [0.4, 0.5) is 13.2 Å². The van der Waals surface area contributed by atoms with Gasteiger partial charge in [-0.3, -0.25) is 0 Å². The predicted octanol–water partition coefficient (Wildman–Crippen LogP) is 2.87. The summed E-state index contributed by atoms with van der Waals surface area (Å²) in [6.07, 6.45) is -4.27. The molecule has 0 aliphatic carbocycles. The molecule has 0 saturated heterocycles. The van der Waals surface area contributed by atoms with E-state index in [0.29, 0.717) is 4.47 Å². The SMILES string of the molecule is O=C(O)c1cc(Br)cnc1OCCC(F)(F)F. The van der Waals surface area contributed by atoms with Gasteiger partial charge in [0, 0.05) is 10.7 Å². The van der Waals surface area contributed by atoms with Crippen LogP contribution in [-0.4, -0.2) is 28.8 Å². The van der Waals surface area contributed by atoms with Gasteiger partial charge < -0.3 is 9.84 Å². The molecular formula is C9H7BrF3NO3. The smallest absolute Gasteiger partial charge is 0.392 e. The fourth-order valence-electron chi connectivity index (χ4n) is 0.958. The van der Waals surface area contributed by atoms with E-state index in [2.05, 4.69) is 20.9 Å². The van der Waals surface area contributed by atoms with Crippen molar-refractivity contribution in [1.82, 2.24) is 4.98 Å². The number of alkyl halides is 3. The lowest BCUT2D eigenvalue weighted by atomic mass is 10.3. The average Bonchev–Trinajstić information content (AvgIpc) is 2.18. The van der Waals surface area contributed by atoms with E-state index in [-0.39, 0.29) is 11.4 Å². The van der Waals surface area contributed by atoms with Crippen LogP contribution in [0.2, 0.25) is 0 Å². The van der Waals surface area contributed by atoms with Crippen LogP contribution in [0.5, 0.6) is 5.88 Å². The lowest BCUT2D eigenvalue weighted by Crippen LogP contribution is -2.14. The van der Waals surface area contributed by atoms with Crippen LogP contribution in [0.15, 0.2) is 16.7 Å². The third-order valence-corrected chi connectivity index (χ3v) is 2.11. The molecule has 1 aromatic rings. The first-order valence-corrected chi connectivity index (χ1v) is 5.17. The molecule has 1 aromatic heterocycles. The summed E-state index contributed by atoms with van der Waals surface area (Å²) < 4.78 is 40.7. The number of ether oxygens (including phenoxy) is 1. The van der Waals surface area contributed by atoms with E-state index < -0.39 is 25.2 Å². The third-order valence-electron chi connectivity index (χ3n) is 1.67. The summed E-state index contributed by atoms with van der Waals surface area (Å²) in [7, 11) is 0. The minimum Gasteiger partial charge on any atom is -0.477 e. The Balaban J connectivity index is 2.74. The fourth-order valence-corrected chi connectivity index (χ4v) is 1.29. The maximum atomic E-state index is 11.9. The van der Waals surface area contributed by atoms with Gasteiger partial charge in [0.05, 0.1) is 13.0 Å². The summed E-state index contributed by atoms with van der Waals surface area (Å²) >= 11 is 3.00. The van der Waals surface area contributed by atoms with Gasteiger partial charge in [-0.1, -0.05) is 0 Å². The van der Waals surface area contributed by atoms with E-state index in [9.17, 15) is 18.0 Å². The number of aromatic nitrogens is 1. The van der Waals surface area contributed by atoms with E-state index in [0.717, 1.165) is 0 Å². The number of hydrogen-bond donors (Lipinski definition) is 1. The largest absolute Gasteiger partial charge is 0.477 e. The highest BCUT2D eigenvalue weighted by Crippen LogP contribution is 2.23. The number of hydrogen-bond acceptors (Lipinski definition) is 3. The Bertz CT molecular complexity index is 422. The Morgan fingerprint density at radius 1 is 1.53 bits per heavy atom. The summed E-state index contributed by atoms with van der Waals surface area (Å²) in [6, 6.07) is 1.21. The number of carboxylic acid groups (broad SMARTS) is 1. The first-order valence-electron chi connectivity index (χ1n) is 4.38. The molecular weight excluding hydrogens is 307 g/mol. The van der Waals surface area contributed by atoms with Gasteiger partial charge in [0.1, 0.15) is 5.56 Å². The van der Waals surface area contributed by atoms with Crippen molar-refractivity contribution in [2.75, 3.05) is 6.61 Å². The van der Waals surface area contributed by atoms with Crippen molar-refractivity contribution < 1.29 is 27.8 Å². The second kappa shape index (κ2) is 5.35. The highest BCUT2D eigenvalue weighted by molar-refractivity contribution is 9.10. The summed E-state index contributed by atoms with van der Waals surface area (Å²) in [6.45, 7) is -0.668. The number of rotatable bonds is 4. The van der Waals surface area contributed by atoms with Crippen molar-refractivity contribution in [2.45, 2.75) is 12.6 Å². The first kappa shape index (κ1) is 13.8. The fraction of sp³-hybridized carbons (Fsp3) is 0.333. The molecule has 0 aromatic carbocycles. The molecule has 0 radical (unpaired) electrons. The average molecular weight is 314 g/mol. The van der Waals surface area contributed by atoms with Crippen LogP contribution in [0.3, 0.4) is 0 Å². The maximum Gasteiger partial charge on any atom is 0.392 e. The van der Waals surface area contributed by atoms with Crippen molar-refractivity contribution in [3.8, 4) is 5.88 Å². The molecule has 4 nitrogen and oxygen atoms in total. The highest BCUT2D eigenvalue weighted by atomic mass is 79.9. The number of carboxylic acids is 1. The van der Waals surface area contributed by atoms with Gasteiger partial charge in [0.25, 0.3) is 0 Å². The molecule has 0 aliphatic rings. The quantitative estimate of drug-likeness (QED) is 0.928. The molecule has 0 atom stereocenters. The zero-order valence-electron chi connectivity index (χ0n) is 8.29. The molecule has 0 saturated carbocycles. The standard InChI is InChI=1S/C9H7BrF3NO3/c10-5-3-6(8(15)16)7(14-4-5)17-2-1-9(11,12)13/h3-4H,1-2H2,(H,15,16). The number of halogens is 4. The number of carbonyl (C=O) groups is 1. The normalized spacial score (nSPS) is 11.3. The summed E-state index contributed by atoms with van der Waals surface area (Å²) in [5.74, 6) is -1.65. The Labute approximate surface area is 103 Å². The lowest BCUT2D eigenvalue weighted by molar-refractivity contribution is -0.139. The highest BCUT2D eigenvalue weighted by Gasteiger charge is 2.27. The van der Waals surface area contributed by atoms with Crippen LogP contribution < -0.4 is 4.74 Å². The molecule has 1 rings (SSSR count). The molecule has 94 valence electrons. The Morgan fingerprint density at radius 3 is 2.71 bits per heavy atom. The van der Waals surface area contributed by atoms with Gasteiger partial charge in [0.2, 0.25) is 5.88 Å². The van der Waals surface area contributed by atoms with E-state index in [1.807, 2.05) is 0 Å². The topological polar surface area (TPSA) is 59.4 Å². The van der Waals surface area contributed by atoms with Gasteiger partial charge >= 0.3 is 12.1 Å². The maximum absolute atomic E-state index is 11.9. The van der Waals surface area contributed by atoms with Crippen LogP contribution in [0.25, 0.3) is 0 Å². The zero-order chi connectivity index (χ0) is 13.1. The molecule has 0 aliphatic heterocycles. The second-order valence-corrected chi connectivity index (χ2v) is 3.94. The number of aromatic carboxylic acids is 1. The molecule has 17 heavy (non-hydrogen) atoms. The second-order valence-electron chi connectivity index (χ2n) is 3.03. The van der Waals surface area contributed by atoms with E-state index >= 15 is 0 Å². The monoisotopic (exact) mass is 313 g/mol. The number of pyridine rings is 1. The number of nitrogens with zero attached hydrogens (tertiary/aromatic N) is 1. The lowest BCUT2D eigenvalue weighted by Gasteiger charge is -2.09. The summed E-state index contributed by atoms with van der Waals surface area (Å²) in [4.78, 5) is 14.4. The van der Waals surface area contributed by atoms with Crippen molar-refractivity contribution >= 4 is 21.9 Å². The van der Waals surface area contributed by atoms with Crippen molar-refractivity contribution in [2.24, 2.45) is 0 Å². The van der Waals surface area contributed by atoms with Crippen molar-refractivity contribution in [3.63, 3.8) is 0 Å². The van der Waals surface area contributed by atoms with Gasteiger partial charge in [-0.15, -0.1) is 0 Å². The van der Waals surface area contributed by atoms with Crippen LogP contribution >= 0.6 is 15.9 Å². The molecule has 1 heterocycles. The molecule has 0 unspecified atom stereocenters. The Kier molecular flexibility index (Phi) is 4.33. The molecule has 8 heteroatoms. The molecule has 0 spiro atoms. The predicted molar refractivity (Wildman–Crippen MR) is 55.1 cm³/mol. The third kappa shape index (κ3) is 4.59. The summed E-state index contributed by atoms with van der Waals surface area (Å²) in [5, 5.41) is 8.79. The molecule has 0 bridgehead atoms. The van der Waals surface area contributed by atoms with E-state index in [1.165, 1.54) is 12.3 Å². The van der Waals surface area contributed by atoms with E-state index in [4.69, 9.17) is 9.84 Å². The first-order chi connectivity index (χ1) is 7.79. The van der Waals surface area contributed by atoms with Gasteiger partial charge in [0.15, 0.2) is 0 Å². The Morgan fingerprint density at radius 2 is 2.18 bits per heavy atom. The molecule has 1 N–H and O–H groups in total. The van der Waals surface area contributed by atoms with Crippen molar-refractivity contribution in [3.05, 3.63) is 22.3 Å². The van der Waals surface area contributed by atoms with Crippen LogP contribution in [0, 0.1) is 0 Å². The van der Waals surface area contributed by atoms with Crippen LogP contribution in [-0.2, 0) is 0 Å². The van der Waals surface area contributed by atoms with Gasteiger partial charge in [-0.05, 0) is 22.0 Å². The van der Waals surface area contributed by atoms with Gasteiger partial charge in [-0.25, -0.2) is 9.78 Å². The minimum absolute atomic E-state index is 0.290. The Hall–Kier alpha value is -1.31. The summed E-state index contributed by atoms with van der Waals surface area (Å²) in [5.41, 5.74) is -0.290. The molecule has 0 amide bonds. The van der Waals surface area contributed by atoms with Crippen molar-refractivity contribution in [1.29, 1.82) is 0 Å². The van der Waals surface area contributed by atoms with Gasteiger partial charge in [-0.2, -0.15) is 13.2 Å². The minimum atomic E-state index is -4.35. The van der Waals surface area contributed by atoms with E-state index in [1.54, 1.807) is 0 Å².